The van der Waals surface area contributed by atoms with Gasteiger partial charge < -0.3 is 65.8 Å². The van der Waals surface area contributed by atoms with Crippen LogP contribution in [0.1, 0.15) is 156 Å². The summed E-state index contributed by atoms with van der Waals surface area (Å²) in [6.07, 6.45) is 3.71. The maximum Gasteiger partial charge on any atom is 0.247 e. The van der Waals surface area contributed by atoms with Gasteiger partial charge in [-0.2, -0.15) is 0 Å². The molecule has 1 heterocycles. The van der Waals surface area contributed by atoms with Crippen LogP contribution >= 0.6 is 0 Å². The van der Waals surface area contributed by atoms with Crippen molar-refractivity contribution in [1.29, 1.82) is 0 Å². The lowest BCUT2D eigenvalue weighted by atomic mass is 9.91. The molecule has 0 aromatic heterocycles. The summed E-state index contributed by atoms with van der Waals surface area (Å²) >= 11 is 0. The Kier molecular flexibility index (Phi) is 32.9. The molecule has 0 aliphatic carbocycles. The third kappa shape index (κ3) is 22.4. The first-order chi connectivity index (χ1) is 40.2. The van der Waals surface area contributed by atoms with E-state index in [2.05, 4.69) is 21.3 Å². The van der Waals surface area contributed by atoms with Gasteiger partial charge in [0.25, 0.3) is 0 Å². The van der Waals surface area contributed by atoms with Gasteiger partial charge in [0, 0.05) is 49.3 Å². The lowest BCUT2D eigenvalue weighted by Crippen LogP contribution is -2.63. The second-order valence-corrected chi connectivity index (χ2v) is 26.4. The summed E-state index contributed by atoms with van der Waals surface area (Å²) < 4.78 is 0. The second kappa shape index (κ2) is 36.3. The van der Waals surface area contributed by atoms with Gasteiger partial charge in [-0.3, -0.25) is 52.7 Å². The molecule has 3 unspecified atom stereocenters. The molecular formula is C63H113N11O13. The lowest BCUT2D eigenvalue weighted by molar-refractivity contribution is -0.157. The van der Waals surface area contributed by atoms with Crippen LogP contribution in [0, 0.1) is 41.4 Å². The summed E-state index contributed by atoms with van der Waals surface area (Å²) in [5.74, 6) is -10.5. The molecule has 0 aromatic carbocycles. The molecule has 87 heavy (non-hydrogen) atoms. The first kappa shape index (κ1) is 78.8. The second-order valence-electron chi connectivity index (χ2n) is 26.4. The van der Waals surface area contributed by atoms with Crippen LogP contribution in [0.4, 0.5) is 0 Å². The monoisotopic (exact) mass is 1230 g/mol. The average Bonchev–Trinajstić information content (AvgIpc) is 1.40. The predicted octanol–water partition coefficient (Wildman–Crippen LogP) is 2.63. The van der Waals surface area contributed by atoms with Gasteiger partial charge in [0.05, 0.1) is 19.3 Å². The Hall–Kier alpha value is -6.17. The number of likely N-dealkylation sites (N-methyl/N-ethyl adjacent to an activating group) is 7. The molecule has 1 aliphatic rings. The smallest absolute Gasteiger partial charge is 0.247 e. The minimum atomic E-state index is -1.63. The summed E-state index contributed by atoms with van der Waals surface area (Å²) in [5, 5.41) is 33.6. The minimum Gasteiger partial charge on any atom is -0.394 e. The highest BCUT2D eigenvalue weighted by atomic mass is 16.3. The van der Waals surface area contributed by atoms with Crippen LogP contribution in [0.3, 0.4) is 0 Å². The Morgan fingerprint density at radius 2 is 0.885 bits per heavy atom. The number of nitrogens with zero attached hydrogens (tertiary/aromatic N) is 7. The highest BCUT2D eigenvalue weighted by molar-refractivity contribution is 5.99. The molecule has 6 N–H and O–H groups in total. The zero-order valence-corrected chi connectivity index (χ0v) is 56.9. The number of amides is 11. The van der Waals surface area contributed by atoms with E-state index in [9.17, 15) is 53.4 Å². The summed E-state index contributed by atoms with van der Waals surface area (Å²) in [4.78, 5) is 169. The number of aliphatic hydroxyl groups excluding tert-OH is 2. The molecule has 0 aromatic rings. The van der Waals surface area contributed by atoms with Crippen LogP contribution in [0.2, 0.25) is 0 Å². The third-order valence-electron chi connectivity index (χ3n) is 16.3. The largest absolute Gasteiger partial charge is 0.394 e. The predicted molar refractivity (Wildman–Crippen MR) is 334 cm³/mol. The fourth-order valence-electron chi connectivity index (χ4n) is 10.8. The summed E-state index contributed by atoms with van der Waals surface area (Å²) in [6.45, 7) is 26.8. The van der Waals surface area contributed by atoms with Crippen molar-refractivity contribution >= 4 is 65.0 Å². The van der Waals surface area contributed by atoms with Crippen molar-refractivity contribution in [3.8, 4) is 0 Å². The van der Waals surface area contributed by atoms with E-state index in [0.29, 0.717) is 12.8 Å². The van der Waals surface area contributed by atoms with Gasteiger partial charge in [-0.05, 0) is 93.3 Å². The van der Waals surface area contributed by atoms with Crippen molar-refractivity contribution in [2.75, 3.05) is 62.5 Å². The molecule has 0 spiro atoms. The zero-order chi connectivity index (χ0) is 67.4. The number of hydrogen-bond acceptors (Lipinski definition) is 13. The Morgan fingerprint density at radius 1 is 0.460 bits per heavy atom. The highest BCUT2D eigenvalue weighted by Crippen LogP contribution is 2.26. The summed E-state index contributed by atoms with van der Waals surface area (Å²) in [7, 11) is 9.71. The van der Waals surface area contributed by atoms with Gasteiger partial charge in [0.2, 0.25) is 65.0 Å². The number of carbonyl (C=O) groups is 11. The first-order valence-electron chi connectivity index (χ1n) is 31.2. The molecule has 12 atom stereocenters. The van der Waals surface area contributed by atoms with Gasteiger partial charge in [-0.15, -0.1) is 0 Å². The van der Waals surface area contributed by atoms with E-state index in [4.69, 9.17) is 0 Å². The first-order valence-corrected chi connectivity index (χ1v) is 31.2. The number of hydrogen-bond donors (Lipinski definition) is 6. The number of rotatable bonds is 17. The molecule has 1 fully saturated rings. The number of carbonyl (C=O) groups excluding carboxylic acids is 11. The van der Waals surface area contributed by atoms with Crippen LogP contribution in [-0.2, 0) is 52.7 Å². The number of aliphatic hydroxyl groups is 2. The van der Waals surface area contributed by atoms with E-state index in [1.807, 2.05) is 74.5 Å². The normalized spacial score (nSPS) is 26.6. The molecule has 0 saturated carbocycles. The molecule has 0 radical (unpaired) electrons. The van der Waals surface area contributed by atoms with Crippen molar-refractivity contribution in [2.45, 2.75) is 222 Å². The van der Waals surface area contributed by atoms with Crippen LogP contribution in [0.5, 0.6) is 0 Å². The molecule has 24 nitrogen and oxygen atoms in total. The molecular weight excluding hydrogens is 1120 g/mol. The molecule has 0 bridgehead atoms. The zero-order valence-electron chi connectivity index (χ0n) is 56.9. The Bertz CT molecular complexity index is 2360. The van der Waals surface area contributed by atoms with E-state index in [-0.39, 0.29) is 55.8 Å². The standard InChI is InChI=1S/C63H113N11O13/c1-24-26-27-28-41(15)53(77)52-57(81)65-43(25-2)58(82)68(17)33-49(76)69(18)45(29-35(3)4)56(80)67-50(39(11)12)62(86)70(19)46(30-36(5)6)55(79)64-42(16)54(78)66-44(34-75)59(83)71(20)47(31-37(7)8)60(84)72(21)48(32-38(9)10)61(85)73(22)51(40(13)14)63(87)74(52)23/h26-27,35-48,50-53,75,77H,24-25,28-34H2,1-23H3,(H,64,79)(H,65,81)(H,66,78)(H,67,80)/b27-26+/t41-,42?,43?,44-,45-,46-,47+,48+,50-,51+,52?,53-/m1/s1. The van der Waals surface area contributed by atoms with Gasteiger partial charge >= 0.3 is 0 Å². The fraction of sp³-hybridized carbons (Fsp3) is 0.794. The minimum absolute atomic E-state index is 0.0126. The SMILES string of the molecule is CC/C=C/C[C@@H](C)[C@@H](O)C1C(=O)NC(CC)C(=O)N(C)CC(=O)N(C)[C@H](CC(C)C)C(=O)N[C@H](C(C)C)C(=O)N(C)[C@H](CC(C)C)C(=O)NC(C)C(=O)N[C@H](CO)C(=O)N(C)[C@@H](CC(C)C)C(=O)N(C)[C@@H](CC(C)C)C(=O)N(C)[C@@H](C(C)C)C(=O)N1C. The van der Waals surface area contributed by atoms with Crippen molar-refractivity contribution in [1.82, 2.24) is 55.6 Å². The number of allylic oxidation sites excluding steroid dienone is 2. The molecule has 1 aliphatic heterocycles. The highest BCUT2D eigenvalue weighted by Gasteiger charge is 2.46. The van der Waals surface area contributed by atoms with E-state index >= 15 is 9.59 Å². The van der Waals surface area contributed by atoms with Crippen LogP contribution < -0.4 is 21.3 Å². The lowest BCUT2D eigenvalue weighted by Gasteiger charge is -2.41. The maximum atomic E-state index is 15.2. The molecule has 498 valence electrons. The topological polar surface area (TPSA) is 299 Å². The van der Waals surface area contributed by atoms with E-state index in [1.165, 1.54) is 75.9 Å². The van der Waals surface area contributed by atoms with Gasteiger partial charge in [0.15, 0.2) is 0 Å². The Labute approximate surface area is 520 Å². The van der Waals surface area contributed by atoms with Crippen LogP contribution in [0.25, 0.3) is 0 Å². The average molecular weight is 1230 g/mol. The molecule has 11 amide bonds. The van der Waals surface area contributed by atoms with Gasteiger partial charge in [-0.1, -0.05) is 116 Å². The van der Waals surface area contributed by atoms with E-state index < -0.39 is 162 Å². The third-order valence-corrected chi connectivity index (χ3v) is 16.3. The van der Waals surface area contributed by atoms with E-state index in [0.717, 1.165) is 14.7 Å². The van der Waals surface area contributed by atoms with Gasteiger partial charge in [-0.25, -0.2) is 0 Å². The molecule has 1 saturated heterocycles. The fourth-order valence-corrected chi connectivity index (χ4v) is 10.8. The van der Waals surface area contributed by atoms with Crippen LogP contribution in [0.15, 0.2) is 12.2 Å². The quantitative estimate of drug-likeness (QED) is 0.114. The van der Waals surface area contributed by atoms with Crippen molar-refractivity contribution < 1.29 is 63.0 Å². The summed E-state index contributed by atoms with van der Waals surface area (Å²) in [6, 6.07) is -13.1. The van der Waals surface area contributed by atoms with Gasteiger partial charge in [0.1, 0.15) is 60.4 Å². The van der Waals surface area contributed by atoms with Crippen molar-refractivity contribution in [3.63, 3.8) is 0 Å². The maximum absolute atomic E-state index is 15.2. The Morgan fingerprint density at radius 3 is 1.33 bits per heavy atom. The molecule has 24 heteroatoms. The molecule has 1 rings (SSSR count). The van der Waals surface area contributed by atoms with Crippen molar-refractivity contribution in [3.05, 3.63) is 12.2 Å². The van der Waals surface area contributed by atoms with Crippen LogP contribution in [-0.4, -0.2) is 238 Å². The number of nitrogens with one attached hydrogen (secondary N) is 4. The Balaban J connectivity index is 4.37. The van der Waals surface area contributed by atoms with E-state index in [1.54, 1.807) is 41.5 Å². The van der Waals surface area contributed by atoms with Crippen molar-refractivity contribution in [2.24, 2.45) is 41.4 Å². The summed E-state index contributed by atoms with van der Waals surface area (Å²) in [5.41, 5.74) is 0.